The van der Waals surface area contributed by atoms with Gasteiger partial charge in [0.2, 0.25) is 0 Å². The standard InChI is InChI=1S/C15H13ClF2/c1-10-4-2-3-5-11(10)8-14(16)13-7-6-12(17)9-15(13)18/h2-7,9,14H,8H2,1H3. The lowest BCUT2D eigenvalue weighted by molar-refractivity contribution is 0.569. The van der Waals surface area contributed by atoms with Gasteiger partial charge in [0.25, 0.3) is 0 Å². The average molecular weight is 267 g/mol. The molecule has 0 N–H and O–H groups in total. The third-order valence-corrected chi connectivity index (χ3v) is 3.35. The van der Waals surface area contributed by atoms with Crippen molar-refractivity contribution in [1.82, 2.24) is 0 Å². The summed E-state index contributed by atoms with van der Waals surface area (Å²) < 4.78 is 26.4. The Morgan fingerprint density at radius 3 is 2.50 bits per heavy atom. The van der Waals surface area contributed by atoms with Crippen molar-refractivity contribution in [3.05, 3.63) is 70.8 Å². The van der Waals surface area contributed by atoms with E-state index in [0.717, 1.165) is 17.2 Å². The van der Waals surface area contributed by atoms with Gasteiger partial charge in [0.05, 0.1) is 5.38 Å². The maximum absolute atomic E-state index is 13.6. The molecule has 94 valence electrons. The quantitative estimate of drug-likeness (QED) is 0.701. The number of benzene rings is 2. The highest BCUT2D eigenvalue weighted by Gasteiger charge is 2.15. The average Bonchev–Trinajstić information content (AvgIpc) is 2.32. The number of hydrogen-bond acceptors (Lipinski definition) is 0. The molecule has 0 spiro atoms. The van der Waals surface area contributed by atoms with E-state index in [0.29, 0.717) is 12.0 Å². The maximum Gasteiger partial charge on any atom is 0.130 e. The minimum atomic E-state index is -0.594. The van der Waals surface area contributed by atoms with Crippen LogP contribution in [-0.2, 0) is 6.42 Å². The van der Waals surface area contributed by atoms with Crippen LogP contribution in [0, 0.1) is 18.6 Å². The molecular weight excluding hydrogens is 254 g/mol. The van der Waals surface area contributed by atoms with Gasteiger partial charge in [0.15, 0.2) is 0 Å². The maximum atomic E-state index is 13.6. The van der Waals surface area contributed by atoms with Gasteiger partial charge in [-0.15, -0.1) is 11.6 Å². The molecule has 0 aliphatic rings. The smallest absolute Gasteiger partial charge is 0.130 e. The molecule has 0 bridgehead atoms. The fourth-order valence-corrected chi connectivity index (χ4v) is 2.24. The molecule has 0 saturated heterocycles. The summed E-state index contributed by atoms with van der Waals surface area (Å²) in [7, 11) is 0. The van der Waals surface area contributed by atoms with Crippen molar-refractivity contribution in [3.63, 3.8) is 0 Å². The van der Waals surface area contributed by atoms with Gasteiger partial charge < -0.3 is 0 Å². The second kappa shape index (κ2) is 5.49. The fraction of sp³-hybridized carbons (Fsp3) is 0.200. The Balaban J connectivity index is 2.22. The summed E-state index contributed by atoms with van der Waals surface area (Å²) in [6.07, 6.45) is 0.525. The molecule has 0 aliphatic heterocycles. The lowest BCUT2D eigenvalue weighted by Gasteiger charge is -2.12. The van der Waals surface area contributed by atoms with E-state index in [9.17, 15) is 8.78 Å². The first-order valence-corrected chi connectivity index (χ1v) is 6.15. The first-order valence-electron chi connectivity index (χ1n) is 5.71. The molecule has 1 unspecified atom stereocenters. The van der Waals surface area contributed by atoms with Crippen molar-refractivity contribution in [3.8, 4) is 0 Å². The topological polar surface area (TPSA) is 0 Å². The highest BCUT2D eigenvalue weighted by Crippen LogP contribution is 2.28. The predicted molar refractivity (Wildman–Crippen MR) is 69.8 cm³/mol. The van der Waals surface area contributed by atoms with Crippen molar-refractivity contribution in [2.75, 3.05) is 0 Å². The summed E-state index contributed by atoms with van der Waals surface area (Å²) >= 11 is 6.21. The van der Waals surface area contributed by atoms with Crippen LogP contribution in [0.25, 0.3) is 0 Å². The highest BCUT2D eigenvalue weighted by atomic mass is 35.5. The molecule has 3 heteroatoms. The van der Waals surface area contributed by atoms with E-state index >= 15 is 0 Å². The molecule has 2 rings (SSSR count). The molecule has 0 radical (unpaired) electrons. The summed E-state index contributed by atoms with van der Waals surface area (Å²) in [5.41, 5.74) is 2.52. The Bertz CT molecular complexity index is 552. The number of alkyl halides is 1. The molecule has 2 aromatic rings. The summed E-state index contributed by atoms with van der Waals surface area (Å²) in [5, 5.41) is -0.494. The van der Waals surface area contributed by atoms with E-state index in [1.165, 1.54) is 12.1 Å². The van der Waals surface area contributed by atoms with Gasteiger partial charge in [0, 0.05) is 11.6 Å². The number of halogens is 3. The van der Waals surface area contributed by atoms with E-state index < -0.39 is 17.0 Å². The van der Waals surface area contributed by atoms with Crippen molar-refractivity contribution < 1.29 is 8.78 Å². The first-order chi connectivity index (χ1) is 8.58. The lowest BCUT2D eigenvalue weighted by atomic mass is 10.00. The van der Waals surface area contributed by atoms with E-state index in [2.05, 4.69) is 0 Å². The summed E-state index contributed by atoms with van der Waals surface area (Å²) in [5.74, 6) is -1.18. The molecule has 0 saturated carbocycles. The third kappa shape index (κ3) is 2.88. The Hall–Kier alpha value is -1.41. The van der Waals surface area contributed by atoms with E-state index in [1.807, 2.05) is 31.2 Å². The highest BCUT2D eigenvalue weighted by molar-refractivity contribution is 6.20. The second-order valence-electron chi connectivity index (χ2n) is 4.26. The van der Waals surface area contributed by atoms with E-state index in [1.54, 1.807) is 0 Å². The Labute approximate surface area is 110 Å². The largest absolute Gasteiger partial charge is 0.207 e. The van der Waals surface area contributed by atoms with Crippen LogP contribution in [-0.4, -0.2) is 0 Å². The molecule has 2 aromatic carbocycles. The molecule has 0 heterocycles. The zero-order valence-corrected chi connectivity index (χ0v) is 10.7. The summed E-state index contributed by atoms with van der Waals surface area (Å²) in [4.78, 5) is 0. The van der Waals surface area contributed by atoms with Gasteiger partial charge in [-0.2, -0.15) is 0 Å². The van der Waals surface area contributed by atoms with Crippen molar-refractivity contribution >= 4 is 11.6 Å². The normalized spacial score (nSPS) is 12.4. The molecule has 0 nitrogen and oxygen atoms in total. The van der Waals surface area contributed by atoms with Gasteiger partial charge in [-0.05, 0) is 30.5 Å². The number of rotatable bonds is 3. The number of hydrogen-bond donors (Lipinski definition) is 0. The molecule has 18 heavy (non-hydrogen) atoms. The van der Waals surface area contributed by atoms with Crippen LogP contribution in [0.1, 0.15) is 22.1 Å². The third-order valence-electron chi connectivity index (χ3n) is 2.96. The fourth-order valence-electron chi connectivity index (χ4n) is 1.90. The van der Waals surface area contributed by atoms with Crippen LogP contribution in [0.2, 0.25) is 0 Å². The van der Waals surface area contributed by atoms with Gasteiger partial charge in [-0.1, -0.05) is 30.3 Å². The molecule has 0 aliphatic carbocycles. The molecule has 0 aromatic heterocycles. The van der Waals surface area contributed by atoms with Gasteiger partial charge in [0.1, 0.15) is 11.6 Å². The number of aryl methyl sites for hydroxylation is 1. The Kier molecular flexibility index (Phi) is 3.97. The van der Waals surface area contributed by atoms with Crippen molar-refractivity contribution in [1.29, 1.82) is 0 Å². The molecular formula is C15H13ClF2. The monoisotopic (exact) mass is 266 g/mol. The van der Waals surface area contributed by atoms with Gasteiger partial charge in [-0.3, -0.25) is 0 Å². The SMILES string of the molecule is Cc1ccccc1CC(Cl)c1ccc(F)cc1F. The van der Waals surface area contributed by atoms with E-state index in [-0.39, 0.29) is 0 Å². The van der Waals surface area contributed by atoms with E-state index in [4.69, 9.17) is 11.6 Å². The zero-order valence-electron chi connectivity index (χ0n) is 9.96. The minimum Gasteiger partial charge on any atom is -0.207 e. The van der Waals surface area contributed by atoms with Crippen LogP contribution in [0.5, 0.6) is 0 Å². The van der Waals surface area contributed by atoms with Gasteiger partial charge in [-0.25, -0.2) is 8.78 Å². The van der Waals surface area contributed by atoms with Crippen molar-refractivity contribution in [2.24, 2.45) is 0 Å². The van der Waals surface area contributed by atoms with Crippen molar-refractivity contribution in [2.45, 2.75) is 18.7 Å². The first kappa shape index (κ1) is 13.0. The van der Waals surface area contributed by atoms with Crippen LogP contribution in [0.15, 0.2) is 42.5 Å². The van der Waals surface area contributed by atoms with Crippen LogP contribution in [0.4, 0.5) is 8.78 Å². The zero-order chi connectivity index (χ0) is 13.1. The lowest BCUT2D eigenvalue weighted by Crippen LogP contribution is -2.01. The minimum absolute atomic E-state index is 0.335. The molecule has 1 atom stereocenters. The Morgan fingerprint density at radius 1 is 1.11 bits per heavy atom. The second-order valence-corrected chi connectivity index (χ2v) is 4.79. The summed E-state index contributed by atoms with van der Waals surface area (Å²) in [6.45, 7) is 1.99. The molecule has 0 fully saturated rings. The molecule has 0 amide bonds. The van der Waals surface area contributed by atoms with Crippen LogP contribution in [0.3, 0.4) is 0 Å². The predicted octanol–water partition coefficient (Wildman–Crippen LogP) is 4.80. The summed E-state index contributed by atoms with van der Waals surface area (Å²) in [6, 6.07) is 11.3. The Morgan fingerprint density at radius 2 is 1.83 bits per heavy atom. The van der Waals surface area contributed by atoms with Crippen LogP contribution < -0.4 is 0 Å². The van der Waals surface area contributed by atoms with Crippen LogP contribution >= 0.6 is 11.6 Å². The van der Waals surface area contributed by atoms with Gasteiger partial charge >= 0.3 is 0 Å².